The smallest absolute Gasteiger partial charge is 0.334 e. The van der Waals surface area contributed by atoms with Crippen LogP contribution in [0, 0.1) is 6.92 Å². The molecule has 0 saturated carbocycles. The van der Waals surface area contributed by atoms with Gasteiger partial charge < -0.3 is 9.84 Å². The highest BCUT2D eigenvalue weighted by atomic mass is 16.5. The van der Waals surface area contributed by atoms with Crippen molar-refractivity contribution in [3.63, 3.8) is 0 Å². The van der Waals surface area contributed by atoms with Crippen molar-refractivity contribution in [1.29, 1.82) is 0 Å². The normalized spacial score (nSPS) is 11.7. The van der Waals surface area contributed by atoms with Crippen molar-refractivity contribution in [3.05, 3.63) is 77.4 Å². The third-order valence-corrected chi connectivity index (χ3v) is 3.15. The Labute approximate surface area is 124 Å². The molecule has 0 bridgehead atoms. The summed E-state index contributed by atoms with van der Waals surface area (Å²) in [4.78, 5) is 11.9. The summed E-state index contributed by atoms with van der Waals surface area (Å²) in [5, 5.41) is 9.39. The highest BCUT2D eigenvalue weighted by Crippen LogP contribution is 2.28. The Balaban J connectivity index is 2.38. The van der Waals surface area contributed by atoms with Gasteiger partial charge in [-0.25, -0.2) is 4.79 Å². The molecule has 0 fully saturated rings. The zero-order chi connectivity index (χ0) is 15.4. The second-order valence-corrected chi connectivity index (χ2v) is 5.07. The van der Waals surface area contributed by atoms with E-state index in [4.69, 9.17) is 4.74 Å². The summed E-state index contributed by atoms with van der Waals surface area (Å²) in [6.45, 7) is 7.22. The second-order valence-electron chi connectivity index (χ2n) is 5.07. The van der Waals surface area contributed by atoms with Gasteiger partial charge in [0.15, 0.2) is 6.10 Å². The predicted octanol–water partition coefficient (Wildman–Crippen LogP) is 3.91. The van der Waals surface area contributed by atoms with Crippen LogP contribution in [0.2, 0.25) is 0 Å². The summed E-state index contributed by atoms with van der Waals surface area (Å²) >= 11 is 0. The Morgan fingerprint density at radius 3 is 2.00 bits per heavy atom. The third kappa shape index (κ3) is 3.72. The number of carbonyl (C=O) groups is 1. The minimum Gasteiger partial charge on any atom is -0.508 e. The van der Waals surface area contributed by atoms with E-state index >= 15 is 0 Å². The Kier molecular flexibility index (Phi) is 4.43. The lowest BCUT2D eigenvalue weighted by Crippen LogP contribution is -2.13. The molecule has 0 aromatic heterocycles. The fraction of sp³-hybridized carbons (Fsp3) is 0.167. The van der Waals surface area contributed by atoms with Crippen LogP contribution >= 0.6 is 0 Å². The van der Waals surface area contributed by atoms with E-state index in [9.17, 15) is 9.90 Å². The van der Waals surface area contributed by atoms with E-state index in [1.54, 1.807) is 31.2 Å². The highest BCUT2D eigenvalue weighted by Gasteiger charge is 2.19. The van der Waals surface area contributed by atoms with E-state index in [0.717, 1.165) is 16.7 Å². The summed E-state index contributed by atoms with van der Waals surface area (Å²) in [5.41, 5.74) is 3.16. The van der Waals surface area contributed by atoms with Gasteiger partial charge in [0.2, 0.25) is 0 Å². The molecule has 108 valence electrons. The van der Waals surface area contributed by atoms with Gasteiger partial charge in [0.25, 0.3) is 0 Å². The number of aryl methyl sites for hydroxylation is 1. The molecule has 2 aromatic carbocycles. The quantitative estimate of drug-likeness (QED) is 0.683. The van der Waals surface area contributed by atoms with Crippen molar-refractivity contribution in [3.8, 4) is 5.75 Å². The molecule has 2 rings (SSSR count). The van der Waals surface area contributed by atoms with Crippen LogP contribution in [0.3, 0.4) is 0 Å². The first-order valence-corrected chi connectivity index (χ1v) is 6.69. The average molecular weight is 282 g/mol. The van der Waals surface area contributed by atoms with Crippen LogP contribution in [0.5, 0.6) is 5.75 Å². The number of phenols is 1. The maximum atomic E-state index is 11.9. The molecule has 3 heteroatoms. The van der Waals surface area contributed by atoms with Crippen LogP contribution < -0.4 is 0 Å². The summed E-state index contributed by atoms with van der Waals surface area (Å²) < 4.78 is 5.54. The summed E-state index contributed by atoms with van der Waals surface area (Å²) in [6, 6.07) is 14.4. The van der Waals surface area contributed by atoms with E-state index in [1.165, 1.54) is 0 Å². The molecule has 0 saturated heterocycles. The molecule has 0 heterocycles. The van der Waals surface area contributed by atoms with Crippen molar-refractivity contribution < 1.29 is 14.6 Å². The van der Waals surface area contributed by atoms with Crippen molar-refractivity contribution in [1.82, 2.24) is 0 Å². The molecule has 0 amide bonds. The predicted molar refractivity (Wildman–Crippen MR) is 82.0 cm³/mol. The van der Waals surface area contributed by atoms with E-state index in [0.29, 0.717) is 5.57 Å². The van der Waals surface area contributed by atoms with Crippen LogP contribution in [-0.2, 0) is 9.53 Å². The number of hydrogen-bond donors (Lipinski definition) is 1. The molecule has 1 unspecified atom stereocenters. The van der Waals surface area contributed by atoms with Gasteiger partial charge in [-0.3, -0.25) is 0 Å². The lowest BCUT2D eigenvalue weighted by molar-refractivity contribution is -0.142. The fourth-order valence-electron chi connectivity index (χ4n) is 1.93. The molecule has 2 aromatic rings. The molecular weight excluding hydrogens is 264 g/mol. The SMILES string of the molecule is C=C(C)C(=O)OC(c1ccc(C)cc1)c1ccc(O)cc1. The molecule has 0 radical (unpaired) electrons. The number of ether oxygens (including phenoxy) is 1. The fourth-order valence-corrected chi connectivity index (χ4v) is 1.93. The summed E-state index contributed by atoms with van der Waals surface area (Å²) in [5.74, 6) is -0.263. The van der Waals surface area contributed by atoms with Gasteiger partial charge in [-0.05, 0) is 37.1 Å². The number of rotatable bonds is 4. The van der Waals surface area contributed by atoms with Gasteiger partial charge in [-0.1, -0.05) is 48.5 Å². The zero-order valence-corrected chi connectivity index (χ0v) is 12.2. The maximum absolute atomic E-state index is 11.9. The minimum absolute atomic E-state index is 0.174. The Bertz CT molecular complexity index is 594. The summed E-state index contributed by atoms with van der Waals surface area (Å²) in [7, 11) is 0. The first-order valence-electron chi connectivity index (χ1n) is 6.69. The van der Waals surface area contributed by atoms with Gasteiger partial charge in [0.05, 0.1) is 0 Å². The minimum atomic E-state index is -0.518. The van der Waals surface area contributed by atoms with E-state index in [1.807, 2.05) is 31.2 Å². The molecule has 0 spiro atoms. The van der Waals surface area contributed by atoms with Gasteiger partial charge in [0.1, 0.15) is 5.75 Å². The molecule has 1 N–H and O–H groups in total. The molecule has 3 nitrogen and oxygen atoms in total. The number of benzene rings is 2. The monoisotopic (exact) mass is 282 g/mol. The van der Waals surface area contributed by atoms with Gasteiger partial charge in [-0.2, -0.15) is 0 Å². The van der Waals surface area contributed by atoms with Crippen molar-refractivity contribution in [2.24, 2.45) is 0 Å². The maximum Gasteiger partial charge on any atom is 0.334 e. The number of phenolic OH excluding ortho intramolecular Hbond substituents is 1. The number of hydrogen-bond acceptors (Lipinski definition) is 3. The molecule has 1 atom stereocenters. The Hall–Kier alpha value is -2.55. The van der Waals surface area contributed by atoms with Gasteiger partial charge >= 0.3 is 5.97 Å². The third-order valence-electron chi connectivity index (χ3n) is 3.15. The van der Waals surface area contributed by atoms with Crippen LogP contribution in [0.25, 0.3) is 0 Å². The Morgan fingerprint density at radius 1 is 1.05 bits per heavy atom. The van der Waals surface area contributed by atoms with E-state index < -0.39 is 12.1 Å². The molecule has 21 heavy (non-hydrogen) atoms. The number of aromatic hydroxyl groups is 1. The van der Waals surface area contributed by atoms with E-state index in [-0.39, 0.29) is 5.75 Å². The second kappa shape index (κ2) is 6.27. The van der Waals surface area contributed by atoms with Crippen molar-refractivity contribution in [2.75, 3.05) is 0 Å². The standard InChI is InChI=1S/C18H18O3/c1-12(2)18(20)21-17(14-6-4-13(3)5-7-14)15-8-10-16(19)11-9-15/h4-11,17,19H,1H2,2-3H3. The van der Waals surface area contributed by atoms with Gasteiger partial charge in [-0.15, -0.1) is 0 Å². The number of esters is 1. The molecule has 0 aliphatic rings. The summed E-state index contributed by atoms with van der Waals surface area (Å²) in [6.07, 6.45) is -0.518. The topological polar surface area (TPSA) is 46.5 Å². The lowest BCUT2D eigenvalue weighted by Gasteiger charge is -2.19. The van der Waals surface area contributed by atoms with Crippen LogP contribution in [0.4, 0.5) is 0 Å². The van der Waals surface area contributed by atoms with Gasteiger partial charge in [0, 0.05) is 5.57 Å². The first-order chi connectivity index (χ1) is 9.97. The average Bonchev–Trinajstić information content (AvgIpc) is 2.46. The van der Waals surface area contributed by atoms with Crippen LogP contribution in [0.1, 0.15) is 29.7 Å². The van der Waals surface area contributed by atoms with Crippen molar-refractivity contribution in [2.45, 2.75) is 20.0 Å². The van der Waals surface area contributed by atoms with Crippen LogP contribution in [0.15, 0.2) is 60.7 Å². The zero-order valence-electron chi connectivity index (χ0n) is 12.2. The molecule has 0 aliphatic carbocycles. The van der Waals surface area contributed by atoms with Crippen LogP contribution in [-0.4, -0.2) is 11.1 Å². The number of carbonyl (C=O) groups excluding carboxylic acids is 1. The molecule has 0 aliphatic heterocycles. The highest BCUT2D eigenvalue weighted by molar-refractivity contribution is 5.87. The Morgan fingerprint density at radius 2 is 1.52 bits per heavy atom. The van der Waals surface area contributed by atoms with Crippen molar-refractivity contribution >= 4 is 5.97 Å². The first kappa shape index (κ1) is 14.9. The van der Waals surface area contributed by atoms with E-state index in [2.05, 4.69) is 6.58 Å². The molecular formula is C18H18O3. The largest absolute Gasteiger partial charge is 0.508 e. The lowest BCUT2D eigenvalue weighted by atomic mass is 10.00.